The summed E-state index contributed by atoms with van der Waals surface area (Å²) < 4.78 is 0. The highest BCUT2D eigenvalue weighted by molar-refractivity contribution is 5.95. The molecule has 0 unspecified atom stereocenters. The van der Waals surface area contributed by atoms with Gasteiger partial charge in [-0.15, -0.1) is 0 Å². The zero-order valence-corrected chi connectivity index (χ0v) is 22.6. The van der Waals surface area contributed by atoms with Crippen molar-refractivity contribution < 1.29 is 29.1 Å². The minimum Gasteiger partial charge on any atom is -0.391 e. The Kier molecular flexibility index (Phi) is 14.9. The van der Waals surface area contributed by atoms with E-state index in [1.807, 2.05) is 34.6 Å². The average Bonchev–Trinajstić information content (AvgIpc) is 2.77. The fraction of sp³-hybridized carbons (Fsp3) is 0.792. The number of rotatable bonds is 16. The summed E-state index contributed by atoms with van der Waals surface area (Å²) in [5.74, 6) is -3.43. The smallest absolute Gasteiger partial charge is 0.245 e. The highest BCUT2D eigenvalue weighted by atomic mass is 16.3. The van der Waals surface area contributed by atoms with Gasteiger partial charge in [-0.2, -0.15) is 0 Å². The molecule has 208 valence electrons. The van der Waals surface area contributed by atoms with E-state index >= 15 is 0 Å². The molecule has 5 amide bonds. The maximum Gasteiger partial charge on any atom is 0.245 e. The zero-order chi connectivity index (χ0) is 28.2. The van der Waals surface area contributed by atoms with Crippen LogP contribution < -0.4 is 32.7 Å². The number of hydrogen-bond acceptors (Lipinski definition) is 7. The molecule has 0 aromatic rings. The van der Waals surface area contributed by atoms with E-state index < -0.39 is 59.8 Å². The Morgan fingerprint density at radius 1 is 0.722 bits per heavy atom. The van der Waals surface area contributed by atoms with Gasteiger partial charge in [0.25, 0.3) is 0 Å². The van der Waals surface area contributed by atoms with E-state index in [0.717, 1.165) is 0 Å². The van der Waals surface area contributed by atoms with E-state index in [1.54, 1.807) is 6.92 Å². The summed E-state index contributed by atoms with van der Waals surface area (Å²) in [4.78, 5) is 62.6. The number of aliphatic hydroxyl groups is 1. The number of hydrogen-bond donors (Lipinski definition) is 7. The Morgan fingerprint density at radius 2 is 1.19 bits per heavy atom. The molecule has 6 atom stereocenters. The van der Waals surface area contributed by atoms with Crippen LogP contribution in [-0.4, -0.2) is 71.5 Å². The molecule has 0 fully saturated rings. The van der Waals surface area contributed by atoms with E-state index in [2.05, 4.69) is 21.3 Å². The summed E-state index contributed by atoms with van der Waals surface area (Å²) in [5, 5.41) is 20.4. The Hall–Kier alpha value is -2.73. The number of amides is 5. The van der Waals surface area contributed by atoms with Crippen molar-refractivity contribution >= 4 is 29.5 Å². The maximum atomic E-state index is 13.2. The first-order valence-corrected chi connectivity index (χ1v) is 12.5. The van der Waals surface area contributed by atoms with Gasteiger partial charge < -0.3 is 37.8 Å². The fourth-order valence-electron chi connectivity index (χ4n) is 3.54. The molecule has 0 aromatic carbocycles. The number of primary amides is 1. The van der Waals surface area contributed by atoms with Gasteiger partial charge in [-0.1, -0.05) is 48.0 Å². The summed E-state index contributed by atoms with van der Waals surface area (Å²) >= 11 is 0. The second-order valence-electron chi connectivity index (χ2n) is 10.1. The van der Waals surface area contributed by atoms with Crippen molar-refractivity contribution in [1.29, 1.82) is 0 Å². The molecular formula is C24H46N6O6. The van der Waals surface area contributed by atoms with E-state index in [4.69, 9.17) is 11.5 Å². The van der Waals surface area contributed by atoms with Crippen LogP contribution in [0.5, 0.6) is 0 Å². The van der Waals surface area contributed by atoms with Gasteiger partial charge in [-0.3, -0.25) is 24.0 Å². The molecule has 36 heavy (non-hydrogen) atoms. The molecule has 0 heterocycles. The van der Waals surface area contributed by atoms with Crippen molar-refractivity contribution in [1.82, 2.24) is 21.3 Å². The van der Waals surface area contributed by atoms with Crippen LogP contribution in [-0.2, 0) is 24.0 Å². The fourth-order valence-corrected chi connectivity index (χ4v) is 3.54. The first kappa shape index (κ1) is 33.3. The van der Waals surface area contributed by atoms with Crippen LogP contribution >= 0.6 is 0 Å². The number of nitrogens with one attached hydrogen (secondary N) is 4. The molecule has 0 rings (SSSR count). The summed E-state index contributed by atoms with van der Waals surface area (Å²) in [5.41, 5.74) is 10.8. The minimum atomic E-state index is -1.39. The molecule has 12 heteroatoms. The van der Waals surface area contributed by atoms with Crippen LogP contribution in [0.25, 0.3) is 0 Å². The second kappa shape index (κ2) is 16.1. The van der Waals surface area contributed by atoms with Gasteiger partial charge in [-0.05, 0) is 37.5 Å². The Morgan fingerprint density at radius 3 is 1.61 bits per heavy atom. The lowest BCUT2D eigenvalue weighted by molar-refractivity contribution is -0.136. The monoisotopic (exact) mass is 514 g/mol. The topological polar surface area (TPSA) is 206 Å². The highest BCUT2D eigenvalue weighted by Crippen LogP contribution is 2.12. The number of carbonyl (C=O) groups is 5. The molecule has 0 spiro atoms. The minimum absolute atomic E-state index is 0.00848. The zero-order valence-electron chi connectivity index (χ0n) is 22.6. The van der Waals surface area contributed by atoms with Crippen LogP contribution in [0.3, 0.4) is 0 Å². The van der Waals surface area contributed by atoms with Crippen molar-refractivity contribution in [3.63, 3.8) is 0 Å². The van der Waals surface area contributed by atoms with Crippen molar-refractivity contribution in [3.05, 3.63) is 0 Å². The quantitative estimate of drug-likeness (QED) is 0.135. The van der Waals surface area contributed by atoms with Gasteiger partial charge in [0.1, 0.15) is 24.2 Å². The molecule has 0 saturated heterocycles. The molecule has 9 N–H and O–H groups in total. The van der Waals surface area contributed by atoms with Crippen molar-refractivity contribution in [2.24, 2.45) is 29.2 Å². The largest absolute Gasteiger partial charge is 0.391 e. The van der Waals surface area contributed by atoms with E-state index in [1.165, 1.54) is 6.92 Å². The molecule has 0 saturated carbocycles. The van der Waals surface area contributed by atoms with Gasteiger partial charge in [0.2, 0.25) is 29.5 Å². The molecule has 0 aliphatic heterocycles. The molecule has 0 aliphatic rings. The van der Waals surface area contributed by atoms with Crippen molar-refractivity contribution in [2.45, 2.75) is 98.0 Å². The second-order valence-corrected chi connectivity index (χ2v) is 10.1. The first-order chi connectivity index (χ1) is 16.6. The van der Waals surface area contributed by atoms with E-state index in [9.17, 15) is 29.1 Å². The van der Waals surface area contributed by atoms with Crippen molar-refractivity contribution in [2.75, 3.05) is 6.54 Å². The lowest BCUT2D eigenvalue weighted by Gasteiger charge is -2.29. The predicted octanol–water partition coefficient (Wildman–Crippen LogP) is -1.11. The third-order valence-corrected chi connectivity index (χ3v) is 5.77. The number of nitrogens with two attached hydrogens (primary N) is 2. The number of carbonyl (C=O) groups excluding carboxylic acids is 5. The predicted molar refractivity (Wildman–Crippen MR) is 136 cm³/mol. The van der Waals surface area contributed by atoms with Crippen LogP contribution in [0.2, 0.25) is 0 Å². The van der Waals surface area contributed by atoms with E-state index in [-0.39, 0.29) is 30.7 Å². The van der Waals surface area contributed by atoms with Crippen LogP contribution in [0.4, 0.5) is 0 Å². The van der Waals surface area contributed by atoms with Gasteiger partial charge in [0.05, 0.1) is 12.6 Å². The molecule has 12 nitrogen and oxygen atoms in total. The Labute approximate surface area is 214 Å². The third-order valence-electron chi connectivity index (χ3n) is 5.77. The van der Waals surface area contributed by atoms with Crippen LogP contribution in [0.15, 0.2) is 0 Å². The van der Waals surface area contributed by atoms with Gasteiger partial charge in [0, 0.05) is 0 Å². The Balaban J connectivity index is 5.71. The van der Waals surface area contributed by atoms with E-state index in [0.29, 0.717) is 12.8 Å². The first-order valence-electron chi connectivity index (χ1n) is 12.5. The molecule has 0 radical (unpaired) electrons. The van der Waals surface area contributed by atoms with Gasteiger partial charge in [0.15, 0.2) is 0 Å². The molecule has 0 aromatic heterocycles. The maximum absolute atomic E-state index is 13.2. The van der Waals surface area contributed by atoms with Crippen LogP contribution in [0.1, 0.15) is 67.7 Å². The van der Waals surface area contributed by atoms with Crippen molar-refractivity contribution in [3.8, 4) is 0 Å². The number of aliphatic hydroxyl groups excluding tert-OH is 1. The summed E-state index contributed by atoms with van der Waals surface area (Å²) in [6, 6.07) is -4.31. The lowest BCUT2D eigenvalue weighted by Crippen LogP contribution is -2.61. The lowest BCUT2D eigenvalue weighted by atomic mass is 9.96. The summed E-state index contributed by atoms with van der Waals surface area (Å²) in [6.07, 6.45) is -0.181. The summed E-state index contributed by atoms with van der Waals surface area (Å²) in [6.45, 7) is 12.1. The molecule has 0 aliphatic carbocycles. The molecule has 0 bridgehead atoms. The van der Waals surface area contributed by atoms with Gasteiger partial charge >= 0.3 is 0 Å². The van der Waals surface area contributed by atoms with Gasteiger partial charge in [-0.25, -0.2) is 0 Å². The third kappa shape index (κ3) is 11.8. The Bertz CT molecular complexity index is 757. The normalized spacial score (nSPS) is 16.3. The standard InChI is InChI=1S/C24H46N6O6/c1-8-14(6)19(29-18(32)11-25)23(35)28-17(10-13(4)5)22(34)30-20(15(7)31)24(36)27-16(21(26)33)9-12(2)3/h12-17,19-20,31H,8-11,25H2,1-7H3,(H2,26,33)(H,27,36)(H,28,35)(H,29,32)(H,30,34)/t14-,15+,16-,17-,19-,20-/m0/s1. The van der Waals surface area contributed by atoms with Crippen LogP contribution in [0, 0.1) is 17.8 Å². The average molecular weight is 515 g/mol. The molecular weight excluding hydrogens is 468 g/mol. The highest BCUT2D eigenvalue weighted by Gasteiger charge is 2.34. The SMILES string of the molecule is CC[C@H](C)[C@H](NC(=O)CN)C(=O)N[C@@H](CC(C)C)C(=O)N[C@H](C(=O)N[C@@H](CC(C)C)C(N)=O)[C@@H](C)O. The summed E-state index contributed by atoms with van der Waals surface area (Å²) in [7, 11) is 0.